The number of pyridine rings is 1. The van der Waals surface area contributed by atoms with E-state index in [4.69, 9.17) is 0 Å². The molecule has 2 heterocycles. The molecule has 0 saturated carbocycles. The molecule has 0 aliphatic carbocycles. The molecule has 1 aromatic heterocycles. The zero-order chi connectivity index (χ0) is 17.8. The van der Waals surface area contributed by atoms with Crippen molar-refractivity contribution in [3.05, 3.63) is 59.9 Å². The highest BCUT2D eigenvalue weighted by atomic mass is 19.1. The number of amides is 1. The summed E-state index contributed by atoms with van der Waals surface area (Å²) in [5.41, 5.74) is 1.80. The summed E-state index contributed by atoms with van der Waals surface area (Å²) in [5.74, 6) is -1.70. The van der Waals surface area contributed by atoms with Crippen LogP contribution < -0.4 is 5.32 Å². The van der Waals surface area contributed by atoms with Crippen molar-refractivity contribution in [2.75, 3.05) is 11.9 Å². The third-order valence-electron chi connectivity index (χ3n) is 4.17. The van der Waals surface area contributed by atoms with Crippen LogP contribution in [0, 0.1) is 0 Å². The molecule has 1 saturated heterocycles. The Kier molecular flexibility index (Phi) is 4.92. The number of benzene rings is 1. The number of aliphatic carboxylic acids is 1. The first-order valence-electron chi connectivity index (χ1n) is 7.96. The van der Waals surface area contributed by atoms with E-state index in [2.05, 4.69) is 10.3 Å². The predicted octanol–water partition coefficient (Wildman–Crippen LogP) is 2.33. The second-order valence-electron chi connectivity index (χ2n) is 5.90. The van der Waals surface area contributed by atoms with Crippen LogP contribution in [0.3, 0.4) is 0 Å². The number of alkyl halides is 1. The van der Waals surface area contributed by atoms with Gasteiger partial charge in [0.15, 0.2) is 0 Å². The second kappa shape index (κ2) is 7.29. The van der Waals surface area contributed by atoms with Crippen LogP contribution >= 0.6 is 0 Å². The summed E-state index contributed by atoms with van der Waals surface area (Å²) >= 11 is 0. The molecule has 0 spiro atoms. The van der Waals surface area contributed by atoms with Crippen LogP contribution in [-0.4, -0.2) is 45.6 Å². The van der Waals surface area contributed by atoms with Crippen molar-refractivity contribution in [3.8, 4) is 0 Å². The van der Waals surface area contributed by atoms with Gasteiger partial charge in [-0.15, -0.1) is 0 Å². The highest BCUT2D eigenvalue weighted by Crippen LogP contribution is 2.25. The smallest absolute Gasteiger partial charge is 0.326 e. The van der Waals surface area contributed by atoms with Gasteiger partial charge in [0.05, 0.1) is 24.0 Å². The Morgan fingerprint density at radius 1 is 1.28 bits per heavy atom. The maximum absolute atomic E-state index is 13.6. The number of nitrogens with zero attached hydrogens (tertiary/aromatic N) is 2. The van der Waals surface area contributed by atoms with E-state index in [1.54, 1.807) is 0 Å². The lowest BCUT2D eigenvalue weighted by Gasteiger charge is -2.22. The minimum Gasteiger partial charge on any atom is -0.480 e. The van der Waals surface area contributed by atoms with Crippen molar-refractivity contribution >= 4 is 17.6 Å². The van der Waals surface area contributed by atoms with Crippen molar-refractivity contribution in [3.63, 3.8) is 0 Å². The molecule has 0 unspecified atom stereocenters. The van der Waals surface area contributed by atoms with Crippen LogP contribution in [0.15, 0.2) is 48.8 Å². The zero-order valence-corrected chi connectivity index (χ0v) is 13.4. The van der Waals surface area contributed by atoms with E-state index in [1.807, 2.05) is 30.3 Å². The molecule has 25 heavy (non-hydrogen) atoms. The molecule has 2 N–H and O–H groups in total. The fourth-order valence-corrected chi connectivity index (χ4v) is 2.91. The first-order chi connectivity index (χ1) is 12.1. The van der Waals surface area contributed by atoms with Crippen molar-refractivity contribution in [2.24, 2.45) is 0 Å². The fourth-order valence-electron chi connectivity index (χ4n) is 2.91. The van der Waals surface area contributed by atoms with Gasteiger partial charge in [0.1, 0.15) is 12.2 Å². The molecule has 1 aliphatic heterocycles. The lowest BCUT2D eigenvalue weighted by molar-refractivity contribution is -0.141. The number of anilines is 1. The Labute approximate surface area is 144 Å². The van der Waals surface area contributed by atoms with Gasteiger partial charge in [0.25, 0.3) is 5.91 Å². The Hall–Kier alpha value is -2.96. The molecular weight excluding hydrogens is 325 g/mol. The SMILES string of the molecule is O=C(O)[C@@H]1C[C@H](F)CN1C(=O)c1ccncc1NCc1ccccc1. The number of nitrogens with one attached hydrogen (secondary N) is 1. The van der Waals surface area contributed by atoms with Gasteiger partial charge in [-0.1, -0.05) is 30.3 Å². The number of carboxylic acid groups (broad SMARTS) is 1. The van der Waals surface area contributed by atoms with E-state index in [0.717, 1.165) is 10.5 Å². The lowest BCUT2D eigenvalue weighted by atomic mass is 10.1. The van der Waals surface area contributed by atoms with Crippen LogP contribution in [0.25, 0.3) is 0 Å². The molecular formula is C18H18FN3O3. The van der Waals surface area contributed by atoms with Crippen LogP contribution in [0.4, 0.5) is 10.1 Å². The third kappa shape index (κ3) is 3.76. The number of carbonyl (C=O) groups is 2. The maximum Gasteiger partial charge on any atom is 0.326 e. The summed E-state index contributed by atoms with van der Waals surface area (Å²) in [6.45, 7) is 0.275. The molecule has 1 aliphatic rings. The summed E-state index contributed by atoms with van der Waals surface area (Å²) in [5, 5.41) is 12.4. The summed E-state index contributed by atoms with van der Waals surface area (Å²) < 4.78 is 13.6. The molecule has 130 valence electrons. The molecule has 1 amide bonds. The van der Waals surface area contributed by atoms with Crippen LogP contribution in [0.5, 0.6) is 0 Å². The average molecular weight is 343 g/mol. The van der Waals surface area contributed by atoms with Gasteiger partial charge in [-0.3, -0.25) is 9.78 Å². The largest absolute Gasteiger partial charge is 0.480 e. The van der Waals surface area contributed by atoms with E-state index in [9.17, 15) is 19.1 Å². The Bertz CT molecular complexity index is 769. The van der Waals surface area contributed by atoms with Gasteiger partial charge in [0.2, 0.25) is 0 Å². The van der Waals surface area contributed by atoms with E-state index < -0.39 is 24.1 Å². The Balaban J connectivity index is 1.80. The van der Waals surface area contributed by atoms with Gasteiger partial charge in [-0.25, -0.2) is 9.18 Å². The van der Waals surface area contributed by atoms with Gasteiger partial charge >= 0.3 is 5.97 Å². The summed E-state index contributed by atoms with van der Waals surface area (Å²) in [4.78, 5) is 29.2. The van der Waals surface area contributed by atoms with Gasteiger partial charge in [-0.2, -0.15) is 0 Å². The Morgan fingerprint density at radius 2 is 2.04 bits per heavy atom. The number of halogens is 1. The van der Waals surface area contributed by atoms with Crippen molar-refractivity contribution in [1.82, 2.24) is 9.88 Å². The molecule has 0 radical (unpaired) electrons. The third-order valence-corrected chi connectivity index (χ3v) is 4.17. The highest BCUT2D eigenvalue weighted by Gasteiger charge is 2.40. The number of hydrogen-bond donors (Lipinski definition) is 2. The minimum atomic E-state index is -1.33. The Morgan fingerprint density at radius 3 is 2.76 bits per heavy atom. The van der Waals surface area contributed by atoms with Crippen molar-refractivity contribution < 1.29 is 19.1 Å². The number of aromatic nitrogens is 1. The number of hydrogen-bond acceptors (Lipinski definition) is 4. The van der Waals surface area contributed by atoms with E-state index in [-0.39, 0.29) is 18.5 Å². The van der Waals surface area contributed by atoms with Crippen molar-refractivity contribution in [2.45, 2.75) is 25.2 Å². The molecule has 7 heteroatoms. The van der Waals surface area contributed by atoms with Gasteiger partial charge < -0.3 is 15.3 Å². The zero-order valence-electron chi connectivity index (χ0n) is 13.4. The van der Waals surface area contributed by atoms with Crippen LogP contribution in [0.1, 0.15) is 22.3 Å². The van der Waals surface area contributed by atoms with Crippen LogP contribution in [-0.2, 0) is 11.3 Å². The average Bonchev–Trinajstić information content (AvgIpc) is 3.03. The quantitative estimate of drug-likeness (QED) is 0.871. The topological polar surface area (TPSA) is 82.5 Å². The number of carboxylic acids is 1. The maximum atomic E-state index is 13.6. The van der Waals surface area contributed by atoms with Gasteiger partial charge in [0, 0.05) is 19.2 Å². The molecule has 3 rings (SSSR count). The van der Waals surface area contributed by atoms with Crippen molar-refractivity contribution in [1.29, 1.82) is 0 Å². The lowest BCUT2D eigenvalue weighted by Crippen LogP contribution is -2.40. The first-order valence-corrected chi connectivity index (χ1v) is 7.96. The van der Waals surface area contributed by atoms with E-state index in [1.165, 1.54) is 18.5 Å². The highest BCUT2D eigenvalue weighted by molar-refractivity contribution is 6.01. The summed E-state index contributed by atoms with van der Waals surface area (Å²) in [7, 11) is 0. The molecule has 1 fully saturated rings. The molecule has 2 aromatic rings. The van der Waals surface area contributed by atoms with E-state index in [0.29, 0.717) is 12.2 Å². The summed E-state index contributed by atoms with van der Waals surface area (Å²) in [6, 6.07) is 10.00. The second-order valence-corrected chi connectivity index (χ2v) is 5.90. The molecule has 1 aromatic carbocycles. The standard InChI is InChI=1S/C18H18FN3O3/c19-13-8-16(18(24)25)22(11-13)17(23)14-6-7-20-10-15(14)21-9-12-4-2-1-3-5-12/h1-7,10,13,16,21H,8-9,11H2,(H,24,25)/t13-,16-/m0/s1. The molecule has 0 bridgehead atoms. The minimum absolute atomic E-state index is 0.182. The first kappa shape index (κ1) is 16.9. The number of rotatable bonds is 5. The fraction of sp³-hybridized carbons (Fsp3) is 0.278. The number of likely N-dealkylation sites (tertiary alicyclic amines) is 1. The molecule has 2 atom stereocenters. The molecule has 6 nitrogen and oxygen atoms in total. The normalized spacial score (nSPS) is 19.6. The summed E-state index contributed by atoms with van der Waals surface area (Å²) in [6.07, 6.45) is 1.46. The number of carbonyl (C=O) groups excluding carboxylic acids is 1. The van der Waals surface area contributed by atoms with Gasteiger partial charge in [-0.05, 0) is 11.6 Å². The predicted molar refractivity (Wildman–Crippen MR) is 90.0 cm³/mol. The monoisotopic (exact) mass is 343 g/mol. The van der Waals surface area contributed by atoms with Crippen LogP contribution in [0.2, 0.25) is 0 Å². The van der Waals surface area contributed by atoms with E-state index >= 15 is 0 Å².